The zero-order valence-corrected chi connectivity index (χ0v) is 8.49. The minimum atomic E-state index is -0.946. The van der Waals surface area contributed by atoms with Crippen molar-refractivity contribution in [2.24, 2.45) is 0 Å². The molecular weight excluding hydrogens is 270 g/mol. The highest BCUT2D eigenvalue weighted by atomic mass is 127. The molecule has 1 heterocycles. The van der Waals surface area contributed by atoms with Gasteiger partial charge in [0.15, 0.2) is 6.17 Å². The van der Waals surface area contributed by atoms with Crippen molar-refractivity contribution in [2.45, 2.75) is 12.3 Å². The lowest BCUT2D eigenvalue weighted by atomic mass is 10.1. The molecule has 3 heteroatoms. The maximum absolute atomic E-state index is 13.5. The minimum absolute atomic E-state index is 0.289. The van der Waals surface area contributed by atoms with E-state index in [1.165, 1.54) is 0 Å². The monoisotopic (exact) mass is 278 g/mol. The van der Waals surface area contributed by atoms with E-state index in [1.807, 2.05) is 18.2 Å². The van der Waals surface area contributed by atoms with Crippen LogP contribution in [0.15, 0.2) is 24.3 Å². The molecule has 0 saturated heterocycles. The molecule has 1 aliphatic rings. The van der Waals surface area contributed by atoms with Crippen LogP contribution in [-0.4, -0.2) is 10.5 Å². The van der Waals surface area contributed by atoms with Gasteiger partial charge in [-0.3, -0.25) is 0 Å². The third-order valence-electron chi connectivity index (χ3n) is 1.97. The van der Waals surface area contributed by atoms with Gasteiger partial charge in [0, 0.05) is 9.99 Å². The van der Waals surface area contributed by atoms with E-state index in [0.717, 1.165) is 0 Å². The van der Waals surface area contributed by atoms with E-state index in [4.69, 9.17) is 4.74 Å². The number of rotatable bonds is 1. The van der Waals surface area contributed by atoms with E-state index in [0.29, 0.717) is 15.7 Å². The summed E-state index contributed by atoms with van der Waals surface area (Å²) < 4.78 is 19.5. The summed E-state index contributed by atoms with van der Waals surface area (Å²) >= 11 is 2.14. The molecule has 0 aliphatic carbocycles. The molecule has 1 aromatic rings. The Labute approximate surface area is 84.1 Å². The Bertz CT molecular complexity index is 290. The molecular formula is C9H8FIO. The Kier molecular flexibility index (Phi) is 2.21. The van der Waals surface area contributed by atoms with Gasteiger partial charge in [-0.05, 0) is 6.07 Å². The molecule has 0 saturated carbocycles. The zero-order valence-electron chi connectivity index (χ0n) is 6.34. The van der Waals surface area contributed by atoms with Gasteiger partial charge in [0.25, 0.3) is 0 Å². The first-order chi connectivity index (χ1) is 5.83. The van der Waals surface area contributed by atoms with Gasteiger partial charge in [-0.2, -0.15) is 0 Å². The molecule has 0 fully saturated rings. The van der Waals surface area contributed by atoms with Crippen LogP contribution >= 0.6 is 22.6 Å². The lowest BCUT2D eigenvalue weighted by molar-refractivity contribution is 0.161. The van der Waals surface area contributed by atoms with Crippen LogP contribution in [0.25, 0.3) is 0 Å². The number of para-hydroxylation sites is 1. The van der Waals surface area contributed by atoms with Gasteiger partial charge in [0.2, 0.25) is 0 Å². The van der Waals surface area contributed by atoms with Crippen molar-refractivity contribution >= 4 is 22.6 Å². The van der Waals surface area contributed by atoms with Gasteiger partial charge in [0.05, 0.1) is 0 Å². The number of benzene rings is 1. The molecule has 2 unspecified atom stereocenters. The molecule has 2 rings (SSSR count). The Morgan fingerprint density at radius 1 is 1.42 bits per heavy atom. The van der Waals surface area contributed by atoms with Gasteiger partial charge >= 0.3 is 0 Å². The van der Waals surface area contributed by atoms with E-state index in [1.54, 1.807) is 6.07 Å². The van der Waals surface area contributed by atoms with E-state index in [9.17, 15) is 4.39 Å². The largest absolute Gasteiger partial charge is 0.486 e. The second kappa shape index (κ2) is 3.20. The lowest BCUT2D eigenvalue weighted by Gasteiger charge is -2.07. The van der Waals surface area contributed by atoms with E-state index in [2.05, 4.69) is 22.6 Å². The second-order valence-corrected chi connectivity index (χ2v) is 3.63. The van der Waals surface area contributed by atoms with Crippen molar-refractivity contribution in [3.8, 4) is 5.75 Å². The molecule has 64 valence electrons. The molecule has 1 aromatic carbocycles. The van der Waals surface area contributed by atoms with Crippen LogP contribution in [0.2, 0.25) is 0 Å². The number of hydrogen-bond donors (Lipinski definition) is 0. The van der Waals surface area contributed by atoms with Crippen LogP contribution in [-0.2, 0) is 0 Å². The average Bonchev–Trinajstić information content (AvgIpc) is 2.44. The maximum Gasteiger partial charge on any atom is 0.166 e. The first-order valence-electron chi connectivity index (χ1n) is 3.78. The van der Waals surface area contributed by atoms with Crippen LogP contribution < -0.4 is 4.74 Å². The fourth-order valence-electron chi connectivity index (χ4n) is 1.35. The van der Waals surface area contributed by atoms with Gasteiger partial charge in [-0.15, -0.1) is 0 Å². The summed E-state index contributed by atoms with van der Waals surface area (Å²) in [6, 6.07) is 7.30. The number of hydrogen-bond acceptors (Lipinski definition) is 1. The molecule has 0 bridgehead atoms. The summed E-state index contributed by atoms with van der Waals surface area (Å²) in [5, 5.41) is 0. The molecule has 2 atom stereocenters. The molecule has 12 heavy (non-hydrogen) atoms. The Hall–Kier alpha value is -0.320. The standard InChI is InChI=1S/C9H8FIO/c10-9-6-3-1-2-4-7(6)12-8(9)5-11/h1-4,8-9H,5H2. The maximum atomic E-state index is 13.5. The van der Waals surface area contributed by atoms with E-state index in [-0.39, 0.29) is 6.10 Å². The third kappa shape index (κ3) is 1.20. The average molecular weight is 278 g/mol. The highest BCUT2D eigenvalue weighted by molar-refractivity contribution is 14.1. The van der Waals surface area contributed by atoms with Gasteiger partial charge in [-0.25, -0.2) is 4.39 Å². The summed E-state index contributed by atoms with van der Waals surface area (Å²) in [6.45, 7) is 0. The van der Waals surface area contributed by atoms with Crippen molar-refractivity contribution in [1.29, 1.82) is 0 Å². The van der Waals surface area contributed by atoms with Crippen LogP contribution in [0.3, 0.4) is 0 Å². The van der Waals surface area contributed by atoms with Crippen molar-refractivity contribution in [1.82, 2.24) is 0 Å². The summed E-state index contributed by atoms with van der Waals surface area (Å²) in [5.74, 6) is 0.701. The van der Waals surface area contributed by atoms with Gasteiger partial charge in [0.1, 0.15) is 11.9 Å². The topological polar surface area (TPSA) is 9.23 Å². The van der Waals surface area contributed by atoms with Crippen LogP contribution in [0.4, 0.5) is 4.39 Å². The smallest absolute Gasteiger partial charge is 0.166 e. The Morgan fingerprint density at radius 3 is 2.83 bits per heavy atom. The lowest BCUT2D eigenvalue weighted by Crippen LogP contribution is -2.16. The molecule has 1 aliphatic heterocycles. The predicted molar refractivity (Wildman–Crippen MR) is 53.6 cm³/mol. The van der Waals surface area contributed by atoms with E-state index < -0.39 is 6.17 Å². The normalized spacial score (nSPS) is 26.5. The van der Waals surface area contributed by atoms with Crippen molar-refractivity contribution in [3.63, 3.8) is 0 Å². The first kappa shape index (κ1) is 8.29. The summed E-state index contributed by atoms with van der Waals surface area (Å²) in [4.78, 5) is 0. The molecule has 0 spiro atoms. The summed E-state index contributed by atoms with van der Waals surface area (Å²) in [5.41, 5.74) is 0.694. The van der Waals surface area contributed by atoms with Crippen molar-refractivity contribution in [3.05, 3.63) is 29.8 Å². The van der Waals surface area contributed by atoms with Crippen molar-refractivity contribution in [2.75, 3.05) is 4.43 Å². The fraction of sp³-hybridized carbons (Fsp3) is 0.333. The molecule has 0 radical (unpaired) electrons. The van der Waals surface area contributed by atoms with Gasteiger partial charge < -0.3 is 4.74 Å². The van der Waals surface area contributed by atoms with Gasteiger partial charge in [-0.1, -0.05) is 40.8 Å². The van der Waals surface area contributed by atoms with Crippen LogP contribution in [0.5, 0.6) is 5.75 Å². The zero-order chi connectivity index (χ0) is 8.55. The molecule has 0 amide bonds. The summed E-state index contributed by atoms with van der Waals surface area (Å²) in [6.07, 6.45) is -1.24. The second-order valence-electron chi connectivity index (χ2n) is 2.75. The highest BCUT2D eigenvalue weighted by Gasteiger charge is 2.32. The number of fused-ring (bicyclic) bond motifs is 1. The quantitative estimate of drug-likeness (QED) is 0.567. The minimum Gasteiger partial charge on any atom is -0.486 e. The number of ether oxygens (including phenoxy) is 1. The van der Waals surface area contributed by atoms with Crippen LogP contribution in [0.1, 0.15) is 11.7 Å². The highest BCUT2D eigenvalue weighted by Crippen LogP contribution is 2.39. The predicted octanol–water partition coefficient (Wildman–Crippen LogP) is 2.89. The summed E-state index contributed by atoms with van der Waals surface area (Å²) in [7, 11) is 0. The number of alkyl halides is 2. The van der Waals surface area contributed by atoms with Crippen molar-refractivity contribution < 1.29 is 9.13 Å². The third-order valence-corrected chi connectivity index (χ3v) is 2.84. The molecule has 1 nitrogen and oxygen atoms in total. The fourth-order valence-corrected chi connectivity index (χ4v) is 1.97. The molecule has 0 N–H and O–H groups in total. The Morgan fingerprint density at radius 2 is 2.17 bits per heavy atom. The molecule has 0 aromatic heterocycles. The SMILES string of the molecule is FC1c2ccccc2OC1CI. The number of halogens is 2. The first-order valence-corrected chi connectivity index (χ1v) is 5.31. The Balaban J connectivity index is 2.35. The van der Waals surface area contributed by atoms with Crippen LogP contribution in [0, 0.1) is 0 Å². The van der Waals surface area contributed by atoms with E-state index >= 15 is 0 Å².